The molecule has 0 aliphatic carbocycles. The minimum atomic E-state index is -0.141. The fourth-order valence-corrected chi connectivity index (χ4v) is 7.28. The summed E-state index contributed by atoms with van der Waals surface area (Å²) in [5, 5.41) is 4.52. The number of rotatable bonds is 43. The van der Waals surface area contributed by atoms with Gasteiger partial charge in [0.1, 0.15) is 6.10 Å². The summed E-state index contributed by atoms with van der Waals surface area (Å²) in [6.45, 7) is 14.0. The van der Waals surface area contributed by atoms with E-state index < -0.39 is 0 Å². The highest BCUT2D eigenvalue weighted by Crippen LogP contribution is 2.24. The lowest BCUT2D eigenvalue weighted by Crippen LogP contribution is -2.32. The molecule has 52 heavy (non-hydrogen) atoms. The molecule has 0 fully saturated rings. The molecule has 1 unspecified atom stereocenters. The molecular weight excluding hydrogens is 639 g/mol. The summed E-state index contributed by atoms with van der Waals surface area (Å²) in [6, 6.07) is 0. The number of hydrogen-bond acceptors (Lipinski definition) is 4. The van der Waals surface area contributed by atoms with Gasteiger partial charge in [0.25, 0.3) is 0 Å². The van der Waals surface area contributed by atoms with E-state index >= 15 is 0 Å². The highest BCUT2D eigenvalue weighted by Gasteiger charge is 2.24. The van der Waals surface area contributed by atoms with Crippen LogP contribution in [-0.4, -0.2) is 37.2 Å². The van der Waals surface area contributed by atoms with Crippen molar-refractivity contribution in [2.75, 3.05) is 13.7 Å². The molecule has 0 aliphatic rings. The molecule has 0 spiro atoms. The SMILES string of the molecule is CCCCCCCCCCCCCCCCCC(CCCCCCCCCCCCCCCCC)ON=CCCC(C)(CC)OCCC(C)(C)OC. The van der Waals surface area contributed by atoms with Crippen LogP contribution >= 0.6 is 0 Å². The molecule has 0 bridgehead atoms. The topological polar surface area (TPSA) is 40.0 Å². The number of nitrogens with zero attached hydrogens (tertiary/aromatic N) is 1. The zero-order valence-electron chi connectivity index (χ0n) is 37.0. The van der Waals surface area contributed by atoms with Crippen LogP contribution < -0.4 is 0 Å². The molecule has 0 aromatic heterocycles. The molecule has 0 N–H and O–H groups in total. The van der Waals surface area contributed by atoms with Crippen molar-refractivity contribution in [3.8, 4) is 0 Å². The summed E-state index contributed by atoms with van der Waals surface area (Å²) in [7, 11) is 1.78. The Morgan fingerprint density at radius 2 is 0.827 bits per heavy atom. The Labute approximate surface area is 328 Å². The molecule has 0 saturated heterocycles. The Balaban J connectivity index is 4.31. The molecule has 4 nitrogen and oxygen atoms in total. The van der Waals surface area contributed by atoms with Crippen molar-refractivity contribution < 1.29 is 14.3 Å². The van der Waals surface area contributed by atoms with Crippen LogP contribution in [-0.2, 0) is 14.3 Å². The zero-order valence-corrected chi connectivity index (χ0v) is 37.0. The Bertz CT molecular complexity index is 690. The van der Waals surface area contributed by atoms with E-state index in [4.69, 9.17) is 14.3 Å². The predicted octanol–water partition coefficient (Wildman–Crippen LogP) is 16.7. The van der Waals surface area contributed by atoms with Crippen molar-refractivity contribution in [3.05, 3.63) is 0 Å². The van der Waals surface area contributed by atoms with Crippen LogP contribution in [0.4, 0.5) is 0 Å². The predicted molar refractivity (Wildman–Crippen MR) is 232 cm³/mol. The Kier molecular flexibility index (Phi) is 38.2. The Hall–Kier alpha value is -0.610. The van der Waals surface area contributed by atoms with Gasteiger partial charge in [0.15, 0.2) is 0 Å². The monoisotopic (exact) mass is 736 g/mol. The molecule has 0 radical (unpaired) electrons. The molecule has 0 saturated carbocycles. The molecule has 0 aromatic carbocycles. The van der Waals surface area contributed by atoms with Gasteiger partial charge in [-0.2, -0.15) is 0 Å². The summed E-state index contributed by atoms with van der Waals surface area (Å²) < 4.78 is 11.9. The minimum Gasteiger partial charge on any atom is -0.393 e. The summed E-state index contributed by atoms with van der Waals surface area (Å²) in [5.41, 5.74) is -0.269. The first-order valence-electron chi connectivity index (χ1n) is 23.7. The normalized spacial score (nSPS) is 13.5. The second kappa shape index (κ2) is 38.7. The van der Waals surface area contributed by atoms with Gasteiger partial charge in [-0.15, -0.1) is 0 Å². The van der Waals surface area contributed by atoms with Crippen LogP contribution in [0.2, 0.25) is 0 Å². The molecular formula is C48H97NO3. The molecule has 0 aliphatic heterocycles. The van der Waals surface area contributed by atoms with E-state index in [0.29, 0.717) is 0 Å². The molecule has 0 heterocycles. The van der Waals surface area contributed by atoms with Gasteiger partial charge in [-0.3, -0.25) is 0 Å². The van der Waals surface area contributed by atoms with Crippen molar-refractivity contribution in [1.29, 1.82) is 0 Å². The van der Waals surface area contributed by atoms with Gasteiger partial charge >= 0.3 is 0 Å². The number of oxime groups is 1. The third kappa shape index (κ3) is 36.4. The van der Waals surface area contributed by atoms with Gasteiger partial charge in [0.2, 0.25) is 0 Å². The Morgan fingerprint density at radius 3 is 1.15 bits per heavy atom. The second-order valence-electron chi connectivity index (χ2n) is 17.4. The van der Waals surface area contributed by atoms with Crippen LogP contribution in [0.5, 0.6) is 0 Å². The molecule has 4 heteroatoms. The quantitative estimate of drug-likeness (QED) is 0.0356. The summed E-state index contributed by atoms with van der Waals surface area (Å²) >= 11 is 0. The van der Waals surface area contributed by atoms with Crippen LogP contribution in [0.3, 0.4) is 0 Å². The van der Waals surface area contributed by atoms with Crippen LogP contribution in [0.25, 0.3) is 0 Å². The van der Waals surface area contributed by atoms with Crippen molar-refractivity contribution in [1.82, 2.24) is 0 Å². The van der Waals surface area contributed by atoms with Crippen molar-refractivity contribution in [2.24, 2.45) is 5.16 Å². The molecule has 1 atom stereocenters. The highest BCUT2D eigenvalue weighted by atomic mass is 16.6. The van der Waals surface area contributed by atoms with Gasteiger partial charge in [-0.25, -0.2) is 0 Å². The lowest BCUT2D eigenvalue weighted by atomic mass is 9.96. The lowest BCUT2D eigenvalue weighted by molar-refractivity contribution is -0.0707. The minimum absolute atomic E-state index is 0.128. The largest absolute Gasteiger partial charge is 0.393 e. The number of hydrogen-bond donors (Lipinski definition) is 0. The highest BCUT2D eigenvalue weighted by molar-refractivity contribution is 5.56. The average molecular weight is 736 g/mol. The summed E-state index contributed by atoms with van der Waals surface area (Å²) in [5.74, 6) is 0. The number of ether oxygens (including phenoxy) is 2. The van der Waals surface area contributed by atoms with E-state index in [9.17, 15) is 0 Å². The smallest absolute Gasteiger partial charge is 0.127 e. The zero-order chi connectivity index (χ0) is 38.3. The first kappa shape index (κ1) is 51.4. The third-order valence-corrected chi connectivity index (χ3v) is 11.8. The molecule has 0 aromatic rings. The van der Waals surface area contributed by atoms with E-state index in [1.807, 2.05) is 6.21 Å². The van der Waals surface area contributed by atoms with Crippen molar-refractivity contribution in [2.45, 2.75) is 290 Å². The third-order valence-electron chi connectivity index (χ3n) is 11.8. The van der Waals surface area contributed by atoms with E-state index in [2.05, 4.69) is 46.7 Å². The van der Waals surface area contributed by atoms with E-state index in [1.54, 1.807) is 7.11 Å². The van der Waals surface area contributed by atoms with Crippen molar-refractivity contribution in [3.63, 3.8) is 0 Å². The lowest BCUT2D eigenvalue weighted by Gasteiger charge is -2.31. The molecule has 0 rings (SSSR count). The maximum absolute atomic E-state index is 6.34. The van der Waals surface area contributed by atoms with Crippen LogP contribution in [0, 0.1) is 0 Å². The maximum atomic E-state index is 6.34. The summed E-state index contributed by atoms with van der Waals surface area (Å²) in [4.78, 5) is 6.18. The van der Waals surface area contributed by atoms with E-state index in [0.717, 1.165) is 45.1 Å². The maximum Gasteiger partial charge on any atom is 0.127 e. The number of methoxy groups -OCH3 is 1. The van der Waals surface area contributed by atoms with Gasteiger partial charge in [-0.1, -0.05) is 206 Å². The van der Waals surface area contributed by atoms with Gasteiger partial charge < -0.3 is 14.3 Å². The fourth-order valence-electron chi connectivity index (χ4n) is 7.28. The summed E-state index contributed by atoms with van der Waals surface area (Å²) in [6.07, 6.45) is 50.7. The van der Waals surface area contributed by atoms with E-state index in [1.165, 1.54) is 193 Å². The standard InChI is InChI=1S/C48H97NO3/c1-8-11-13-15-17-19-21-23-25-27-29-31-33-35-37-40-46(41-38-36-34-32-30-28-26-24-22-20-18-16-14-12-9-2)52-49-44-39-42-48(6,10-3)51-45-43-47(4,5)50-7/h44,46H,8-43,45H2,1-7H3. The van der Waals surface area contributed by atoms with Crippen LogP contribution in [0.15, 0.2) is 5.16 Å². The first-order chi connectivity index (χ1) is 25.3. The first-order valence-corrected chi connectivity index (χ1v) is 23.7. The van der Waals surface area contributed by atoms with E-state index in [-0.39, 0.29) is 17.3 Å². The Morgan fingerprint density at radius 1 is 0.481 bits per heavy atom. The number of unbranched alkanes of at least 4 members (excludes halogenated alkanes) is 28. The van der Waals surface area contributed by atoms with Gasteiger partial charge in [0.05, 0.1) is 17.8 Å². The fraction of sp³-hybridized carbons (Fsp3) is 0.979. The molecule has 0 amide bonds. The second-order valence-corrected chi connectivity index (χ2v) is 17.4. The molecule has 312 valence electrons. The average Bonchev–Trinajstić information content (AvgIpc) is 3.14. The van der Waals surface area contributed by atoms with Gasteiger partial charge in [0, 0.05) is 13.3 Å². The van der Waals surface area contributed by atoms with Crippen molar-refractivity contribution >= 4 is 6.21 Å². The van der Waals surface area contributed by atoms with Gasteiger partial charge in [-0.05, 0) is 72.1 Å². The van der Waals surface area contributed by atoms with Crippen LogP contribution in [0.1, 0.15) is 273 Å².